The van der Waals surface area contributed by atoms with E-state index >= 15 is 0 Å². The molecule has 4 heteroatoms. The summed E-state index contributed by atoms with van der Waals surface area (Å²) >= 11 is 0. The summed E-state index contributed by atoms with van der Waals surface area (Å²) in [6, 6.07) is 0. The molecule has 0 aromatic rings. The van der Waals surface area contributed by atoms with E-state index in [2.05, 4.69) is 44.1 Å². The summed E-state index contributed by atoms with van der Waals surface area (Å²) in [7, 11) is -1.53. The summed E-state index contributed by atoms with van der Waals surface area (Å²) < 4.78 is 6.21. The average molecular weight is 273 g/mol. The number of hydrogen-bond donors (Lipinski definition) is 1. The van der Waals surface area contributed by atoms with E-state index in [0.717, 1.165) is 13.2 Å². The van der Waals surface area contributed by atoms with Crippen molar-refractivity contribution in [2.24, 2.45) is 0 Å². The van der Waals surface area contributed by atoms with Crippen LogP contribution in [0.1, 0.15) is 33.6 Å². The molecule has 1 heterocycles. The largest absolute Gasteiger partial charge is 0.417 e. The lowest BCUT2D eigenvalue weighted by Crippen LogP contribution is -2.41. The minimum absolute atomic E-state index is 0.333. The van der Waals surface area contributed by atoms with Crippen LogP contribution in [-0.4, -0.2) is 52.5 Å². The molecule has 0 spiro atoms. The quantitative estimate of drug-likeness (QED) is 0.615. The molecule has 0 radical (unpaired) electrons. The molecule has 3 nitrogen and oxygen atoms in total. The summed E-state index contributed by atoms with van der Waals surface area (Å²) in [6.45, 7) is 18.5. The second-order valence-corrected chi connectivity index (χ2v) is 11.7. The van der Waals surface area contributed by atoms with Crippen LogP contribution in [0.15, 0.2) is 0 Å². The second kappa shape index (κ2) is 7.03. The van der Waals surface area contributed by atoms with Crippen LogP contribution >= 0.6 is 0 Å². The van der Waals surface area contributed by atoms with Gasteiger partial charge in [0.15, 0.2) is 8.32 Å². The first kappa shape index (κ1) is 16.2. The van der Waals surface area contributed by atoms with E-state index in [0.29, 0.717) is 5.04 Å². The van der Waals surface area contributed by atoms with Gasteiger partial charge in [-0.3, -0.25) is 0 Å². The van der Waals surface area contributed by atoms with Crippen molar-refractivity contribution in [3.05, 3.63) is 0 Å². The van der Waals surface area contributed by atoms with E-state index in [1.165, 1.54) is 39.0 Å². The van der Waals surface area contributed by atoms with Gasteiger partial charge in [-0.25, -0.2) is 0 Å². The smallest absolute Gasteiger partial charge is 0.191 e. The minimum Gasteiger partial charge on any atom is -0.417 e. The SMILES string of the molecule is CC(C)(C)[Si](C)(C)OCCCN1CCCNCC1. The summed E-state index contributed by atoms with van der Waals surface area (Å²) in [5.41, 5.74) is 0. The number of rotatable bonds is 5. The van der Waals surface area contributed by atoms with Gasteiger partial charge in [0.2, 0.25) is 0 Å². The van der Waals surface area contributed by atoms with Crippen LogP contribution in [0.5, 0.6) is 0 Å². The highest BCUT2D eigenvalue weighted by atomic mass is 28.4. The van der Waals surface area contributed by atoms with E-state index in [-0.39, 0.29) is 0 Å². The Kier molecular flexibility index (Phi) is 6.31. The summed E-state index contributed by atoms with van der Waals surface area (Å²) in [6.07, 6.45) is 2.45. The Morgan fingerprint density at radius 2 is 1.89 bits per heavy atom. The second-order valence-electron chi connectivity index (χ2n) is 6.91. The van der Waals surface area contributed by atoms with Crippen LogP contribution in [0.3, 0.4) is 0 Å². The molecule has 1 fully saturated rings. The Hall–Kier alpha value is 0.0969. The predicted molar refractivity (Wildman–Crippen MR) is 81.7 cm³/mol. The monoisotopic (exact) mass is 272 g/mol. The maximum absolute atomic E-state index is 6.21. The van der Waals surface area contributed by atoms with Crippen molar-refractivity contribution in [2.75, 3.05) is 39.3 Å². The first-order chi connectivity index (χ1) is 8.33. The van der Waals surface area contributed by atoms with Crippen molar-refractivity contribution in [1.82, 2.24) is 10.2 Å². The molecule has 0 bridgehead atoms. The third kappa shape index (κ3) is 5.39. The Labute approximate surface area is 114 Å². The average Bonchev–Trinajstić information content (AvgIpc) is 2.51. The molecule has 18 heavy (non-hydrogen) atoms. The molecule has 0 aromatic heterocycles. The van der Waals surface area contributed by atoms with Crippen LogP contribution in [0.2, 0.25) is 18.1 Å². The van der Waals surface area contributed by atoms with Crippen LogP contribution in [-0.2, 0) is 4.43 Å². The topological polar surface area (TPSA) is 24.5 Å². The van der Waals surface area contributed by atoms with Crippen LogP contribution in [0.4, 0.5) is 0 Å². The Balaban J connectivity index is 2.18. The fourth-order valence-corrected chi connectivity index (χ4v) is 3.04. The van der Waals surface area contributed by atoms with Crippen molar-refractivity contribution in [3.63, 3.8) is 0 Å². The molecule has 0 amide bonds. The lowest BCUT2D eigenvalue weighted by molar-refractivity contribution is 0.232. The molecule has 0 atom stereocenters. The Morgan fingerprint density at radius 1 is 1.17 bits per heavy atom. The molecule has 1 saturated heterocycles. The van der Waals surface area contributed by atoms with Gasteiger partial charge in [-0.1, -0.05) is 20.8 Å². The van der Waals surface area contributed by atoms with Crippen molar-refractivity contribution >= 4 is 8.32 Å². The normalized spacial score (nSPS) is 19.8. The molecule has 0 saturated carbocycles. The zero-order chi connectivity index (χ0) is 13.6. The molecular weight excluding hydrogens is 240 g/mol. The van der Waals surface area contributed by atoms with Gasteiger partial charge >= 0.3 is 0 Å². The molecule has 1 aliphatic heterocycles. The van der Waals surface area contributed by atoms with Gasteiger partial charge in [0.1, 0.15) is 0 Å². The predicted octanol–water partition coefficient (Wildman–Crippen LogP) is 2.69. The molecule has 108 valence electrons. The number of nitrogens with zero attached hydrogens (tertiary/aromatic N) is 1. The van der Waals surface area contributed by atoms with Gasteiger partial charge in [-0.2, -0.15) is 0 Å². The van der Waals surface area contributed by atoms with Crippen molar-refractivity contribution in [1.29, 1.82) is 0 Å². The van der Waals surface area contributed by atoms with Gasteiger partial charge in [-0.05, 0) is 44.1 Å². The van der Waals surface area contributed by atoms with E-state index < -0.39 is 8.32 Å². The highest BCUT2D eigenvalue weighted by Crippen LogP contribution is 2.36. The molecule has 0 unspecified atom stereocenters. The molecule has 0 aromatic carbocycles. The highest BCUT2D eigenvalue weighted by Gasteiger charge is 2.36. The van der Waals surface area contributed by atoms with E-state index in [4.69, 9.17) is 4.43 Å². The fourth-order valence-electron chi connectivity index (χ4n) is 1.96. The lowest BCUT2D eigenvalue weighted by Gasteiger charge is -2.36. The van der Waals surface area contributed by atoms with Gasteiger partial charge in [-0.15, -0.1) is 0 Å². The van der Waals surface area contributed by atoms with Gasteiger partial charge < -0.3 is 14.6 Å². The van der Waals surface area contributed by atoms with Crippen molar-refractivity contribution in [3.8, 4) is 0 Å². The zero-order valence-corrected chi connectivity index (χ0v) is 14.0. The molecule has 0 aliphatic carbocycles. The fraction of sp³-hybridized carbons (Fsp3) is 1.00. The standard InChI is InChI=1S/C14H32N2OSi/c1-14(2,3)18(4,5)17-13-7-11-16-10-6-8-15-9-12-16/h15H,6-13H2,1-5H3. The third-order valence-corrected chi connectivity index (χ3v) is 8.86. The first-order valence-corrected chi connectivity index (χ1v) is 10.3. The summed E-state index contributed by atoms with van der Waals surface area (Å²) in [5, 5.41) is 3.78. The number of hydrogen-bond acceptors (Lipinski definition) is 3. The van der Waals surface area contributed by atoms with Crippen LogP contribution in [0.25, 0.3) is 0 Å². The van der Waals surface area contributed by atoms with Crippen molar-refractivity contribution < 1.29 is 4.43 Å². The maximum Gasteiger partial charge on any atom is 0.191 e. The summed E-state index contributed by atoms with van der Waals surface area (Å²) in [4.78, 5) is 2.56. The van der Waals surface area contributed by atoms with Gasteiger partial charge in [0, 0.05) is 26.2 Å². The lowest BCUT2D eigenvalue weighted by atomic mass is 10.2. The van der Waals surface area contributed by atoms with Gasteiger partial charge in [0.25, 0.3) is 0 Å². The third-order valence-electron chi connectivity index (χ3n) is 4.32. The maximum atomic E-state index is 6.21. The van der Waals surface area contributed by atoms with Gasteiger partial charge in [0.05, 0.1) is 0 Å². The minimum atomic E-state index is -1.53. The number of nitrogens with one attached hydrogen (secondary N) is 1. The molecule has 1 aliphatic rings. The molecular formula is C14H32N2OSi. The first-order valence-electron chi connectivity index (χ1n) is 7.40. The van der Waals surface area contributed by atoms with E-state index in [9.17, 15) is 0 Å². The summed E-state index contributed by atoms with van der Waals surface area (Å²) in [5.74, 6) is 0. The van der Waals surface area contributed by atoms with Crippen LogP contribution in [0, 0.1) is 0 Å². The Morgan fingerprint density at radius 3 is 2.56 bits per heavy atom. The van der Waals surface area contributed by atoms with Crippen LogP contribution < -0.4 is 5.32 Å². The molecule has 1 N–H and O–H groups in total. The zero-order valence-electron chi connectivity index (χ0n) is 13.0. The van der Waals surface area contributed by atoms with E-state index in [1.807, 2.05) is 0 Å². The molecule has 1 rings (SSSR count). The van der Waals surface area contributed by atoms with E-state index in [1.54, 1.807) is 0 Å². The Bertz CT molecular complexity index is 230. The highest BCUT2D eigenvalue weighted by molar-refractivity contribution is 6.74. The van der Waals surface area contributed by atoms with Crippen molar-refractivity contribution in [2.45, 2.75) is 51.7 Å².